The van der Waals surface area contributed by atoms with E-state index >= 15 is 0 Å². The largest absolute Gasteiger partial charge is 0.446 e. The van der Waals surface area contributed by atoms with Crippen LogP contribution in [0.15, 0.2) is 42.5 Å². The molecule has 3 amide bonds. The quantitative estimate of drug-likeness (QED) is 0.650. The van der Waals surface area contributed by atoms with E-state index in [0.29, 0.717) is 17.1 Å². The molecule has 28 heavy (non-hydrogen) atoms. The monoisotopic (exact) mass is 385 g/mol. The minimum atomic E-state index is -0.696. The zero-order valence-corrected chi connectivity index (χ0v) is 16.0. The number of hydrogen-bond acceptors (Lipinski definition) is 5. The van der Waals surface area contributed by atoms with Crippen molar-refractivity contribution in [3.63, 3.8) is 0 Å². The molecule has 0 fully saturated rings. The minimum absolute atomic E-state index is 0.0873. The van der Waals surface area contributed by atoms with Gasteiger partial charge < -0.3 is 14.8 Å². The van der Waals surface area contributed by atoms with Crippen molar-refractivity contribution in [2.75, 3.05) is 29.2 Å². The molecule has 0 aliphatic rings. The number of ether oxygens (including phenoxy) is 2. The second kappa shape index (κ2) is 9.96. The van der Waals surface area contributed by atoms with Gasteiger partial charge in [0.05, 0.1) is 0 Å². The molecule has 0 saturated heterocycles. The lowest BCUT2D eigenvalue weighted by molar-refractivity contribution is -0.114. The summed E-state index contributed by atoms with van der Waals surface area (Å²) < 4.78 is 9.97. The van der Waals surface area contributed by atoms with Gasteiger partial charge in [-0.25, -0.2) is 9.59 Å². The minimum Gasteiger partial charge on any atom is -0.446 e. The van der Waals surface area contributed by atoms with Gasteiger partial charge in [0.15, 0.2) is 0 Å². The predicted molar refractivity (Wildman–Crippen MR) is 107 cm³/mol. The Labute approximate surface area is 163 Å². The summed E-state index contributed by atoms with van der Waals surface area (Å²) in [4.78, 5) is 34.7. The summed E-state index contributed by atoms with van der Waals surface area (Å²) in [6.07, 6.45) is -1.32. The van der Waals surface area contributed by atoms with Gasteiger partial charge in [-0.3, -0.25) is 15.4 Å². The molecule has 2 rings (SSSR count). The standard InChI is InChI=1S/C20H23N3O5/c1-13-6-4-9-18(14(13)2)23-20(26)28-11-10-27-19(25)22-17-8-5-7-16(12-17)21-15(3)24/h4-9,12H,10-11H2,1-3H3,(H,21,24)(H,22,25)(H,23,26). The molecule has 0 aliphatic carbocycles. The summed E-state index contributed by atoms with van der Waals surface area (Å²) in [5.74, 6) is -0.212. The average molecular weight is 385 g/mol. The van der Waals surface area contributed by atoms with E-state index in [-0.39, 0.29) is 19.1 Å². The van der Waals surface area contributed by atoms with Gasteiger partial charge >= 0.3 is 12.2 Å². The molecule has 2 aromatic rings. The first-order valence-corrected chi connectivity index (χ1v) is 8.66. The molecule has 8 heteroatoms. The van der Waals surface area contributed by atoms with E-state index in [1.165, 1.54) is 6.92 Å². The van der Waals surface area contributed by atoms with Gasteiger partial charge in [-0.1, -0.05) is 18.2 Å². The van der Waals surface area contributed by atoms with Crippen LogP contribution < -0.4 is 16.0 Å². The van der Waals surface area contributed by atoms with Crippen molar-refractivity contribution in [3.8, 4) is 0 Å². The van der Waals surface area contributed by atoms with Crippen molar-refractivity contribution in [2.24, 2.45) is 0 Å². The van der Waals surface area contributed by atoms with E-state index in [2.05, 4.69) is 16.0 Å². The number of benzene rings is 2. The lowest BCUT2D eigenvalue weighted by atomic mass is 10.1. The third-order valence-electron chi connectivity index (χ3n) is 3.82. The van der Waals surface area contributed by atoms with Crippen molar-refractivity contribution in [1.29, 1.82) is 0 Å². The highest BCUT2D eigenvalue weighted by molar-refractivity contribution is 5.91. The van der Waals surface area contributed by atoms with E-state index in [4.69, 9.17) is 9.47 Å². The Morgan fingerprint density at radius 3 is 2.04 bits per heavy atom. The fourth-order valence-electron chi connectivity index (χ4n) is 2.33. The molecule has 0 aliphatic heterocycles. The smallest absolute Gasteiger partial charge is 0.411 e. The van der Waals surface area contributed by atoms with E-state index in [1.54, 1.807) is 30.3 Å². The summed E-state index contributed by atoms with van der Waals surface area (Å²) in [6, 6.07) is 12.2. The fraction of sp³-hybridized carbons (Fsp3) is 0.250. The van der Waals surface area contributed by atoms with Crippen molar-refractivity contribution in [3.05, 3.63) is 53.6 Å². The summed E-state index contributed by atoms with van der Waals surface area (Å²) in [6.45, 7) is 5.06. The maximum Gasteiger partial charge on any atom is 0.411 e. The number of amides is 3. The highest BCUT2D eigenvalue weighted by atomic mass is 16.6. The molecule has 0 atom stereocenters. The van der Waals surface area contributed by atoms with Crippen LogP contribution in [0.4, 0.5) is 26.7 Å². The molecule has 0 radical (unpaired) electrons. The molecule has 0 unspecified atom stereocenters. The summed E-state index contributed by atoms with van der Waals surface area (Å²) in [5.41, 5.74) is 3.70. The molecular formula is C20H23N3O5. The van der Waals surface area contributed by atoms with Crippen LogP contribution >= 0.6 is 0 Å². The van der Waals surface area contributed by atoms with Crippen LogP contribution in [0.5, 0.6) is 0 Å². The highest BCUT2D eigenvalue weighted by Gasteiger charge is 2.08. The molecule has 0 spiro atoms. The van der Waals surface area contributed by atoms with Gasteiger partial charge in [0, 0.05) is 24.0 Å². The average Bonchev–Trinajstić information content (AvgIpc) is 2.62. The zero-order valence-electron chi connectivity index (χ0n) is 16.0. The lowest BCUT2D eigenvalue weighted by Gasteiger charge is -2.11. The molecule has 8 nitrogen and oxygen atoms in total. The number of aryl methyl sites for hydroxylation is 1. The van der Waals surface area contributed by atoms with E-state index in [1.807, 2.05) is 26.0 Å². The van der Waals surface area contributed by atoms with Crippen LogP contribution in [0.3, 0.4) is 0 Å². The zero-order chi connectivity index (χ0) is 20.5. The number of nitrogens with one attached hydrogen (secondary N) is 3. The van der Waals surface area contributed by atoms with Crippen LogP contribution in [-0.4, -0.2) is 31.3 Å². The van der Waals surface area contributed by atoms with Gasteiger partial charge in [-0.15, -0.1) is 0 Å². The molecule has 0 bridgehead atoms. The molecule has 2 aromatic carbocycles. The van der Waals surface area contributed by atoms with Crippen molar-refractivity contribution in [1.82, 2.24) is 0 Å². The third-order valence-corrected chi connectivity index (χ3v) is 3.82. The van der Waals surface area contributed by atoms with Crippen LogP contribution in [0.2, 0.25) is 0 Å². The first-order valence-electron chi connectivity index (χ1n) is 8.66. The second-order valence-electron chi connectivity index (χ2n) is 6.03. The van der Waals surface area contributed by atoms with Crippen LogP contribution in [0, 0.1) is 13.8 Å². The topological polar surface area (TPSA) is 106 Å². The van der Waals surface area contributed by atoms with Crippen molar-refractivity contribution < 1.29 is 23.9 Å². The Bertz CT molecular complexity index is 867. The maximum atomic E-state index is 11.8. The molecule has 148 valence electrons. The summed E-state index contributed by atoms with van der Waals surface area (Å²) in [5, 5.41) is 7.79. The lowest BCUT2D eigenvalue weighted by Crippen LogP contribution is -2.20. The number of carbonyl (C=O) groups excluding carboxylic acids is 3. The van der Waals surface area contributed by atoms with Crippen LogP contribution in [0.25, 0.3) is 0 Å². The number of rotatable bonds is 6. The van der Waals surface area contributed by atoms with Crippen molar-refractivity contribution in [2.45, 2.75) is 20.8 Å². The van der Waals surface area contributed by atoms with Gasteiger partial charge in [0.25, 0.3) is 0 Å². The number of hydrogen-bond donors (Lipinski definition) is 3. The van der Waals surface area contributed by atoms with Gasteiger partial charge in [0.1, 0.15) is 13.2 Å². The summed E-state index contributed by atoms with van der Waals surface area (Å²) >= 11 is 0. The van der Waals surface area contributed by atoms with Crippen molar-refractivity contribution >= 4 is 35.2 Å². The highest BCUT2D eigenvalue weighted by Crippen LogP contribution is 2.18. The molecular weight excluding hydrogens is 362 g/mol. The van der Waals surface area contributed by atoms with Crippen LogP contribution in [-0.2, 0) is 14.3 Å². The fourth-order valence-corrected chi connectivity index (χ4v) is 2.33. The Balaban J connectivity index is 1.71. The van der Waals surface area contributed by atoms with Gasteiger partial charge in [0.2, 0.25) is 5.91 Å². The number of anilines is 3. The Morgan fingerprint density at radius 1 is 0.821 bits per heavy atom. The molecule has 3 N–H and O–H groups in total. The maximum absolute atomic E-state index is 11.8. The van der Waals surface area contributed by atoms with Crippen LogP contribution in [0.1, 0.15) is 18.1 Å². The molecule has 0 heterocycles. The normalized spacial score (nSPS) is 9.96. The predicted octanol–water partition coefficient (Wildman–Crippen LogP) is 4.06. The first-order chi connectivity index (χ1) is 13.3. The molecule has 0 saturated carbocycles. The number of carbonyl (C=O) groups is 3. The Morgan fingerprint density at radius 2 is 1.39 bits per heavy atom. The molecule has 0 aromatic heterocycles. The van der Waals surface area contributed by atoms with Gasteiger partial charge in [-0.2, -0.15) is 0 Å². The van der Waals surface area contributed by atoms with E-state index < -0.39 is 12.2 Å². The SMILES string of the molecule is CC(=O)Nc1cccc(NC(=O)OCCOC(=O)Nc2cccc(C)c2C)c1. The van der Waals surface area contributed by atoms with E-state index in [9.17, 15) is 14.4 Å². The Kier molecular flexibility index (Phi) is 7.38. The van der Waals surface area contributed by atoms with E-state index in [0.717, 1.165) is 11.1 Å². The second-order valence-corrected chi connectivity index (χ2v) is 6.03. The van der Waals surface area contributed by atoms with Gasteiger partial charge in [-0.05, 0) is 49.2 Å². The summed E-state index contributed by atoms with van der Waals surface area (Å²) in [7, 11) is 0. The first kappa shape index (κ1) is 20.8. The third kappa shape index (κ3) is 6.64. The Hall–Kier alpha value is -3.55.